The number of esters is 1. The highest BCUT2D eigenvalue weighted by molar-refractivity contribution is 9.10. The Morgan fingerprint density at radius 2 is 2.11 bits per heavy atom. The van der Waals surface area contributed by atoms with E-state index in [2.05, 4.69) is 20.9 Å². The molecule has 1 N–H and O–H groups in total. The lowest BCUT2D eigenvalue weighted by Crippen LogP contribution is -2.06. The molecule has 0 aliphatic heterocycles. The highest BCUT2D eigenvalue weighted by atomic mass is 79.9. The van der Waals surface area contributed by atoms with E-state index in [1.54, 1.807) is 0 Å². The van der Waals surface area contributed by atoms with Crippen molar-refractivity contribution in [2.24, 2.45) is 0 Å². The van der Waals surface area contributed by atoms with Crippen molar-refractivity contribution in [2.45, 2.75) is 27.2 Å². The Morgan fingerprint density at radius 1 is 1.39 bits per heavy atom. The molecule has 3 nitrogen and oxygen atoms in total. The second-order valence-corrected chi connectivity index (χ2v) is 4.40. The van der Waals surface area contributed by atoms with Gasteiger partial charge in [-0.25, -0.2) is 0 Å². The number of halogens is 1. The maximum atomic E-state index is 11.4. The van der Waals surface area contributed by atoms with E-state index < -0.39 is 0 Å². The number of fused-ring (bicyclic) bond motifs is 1. The van der Waals surface area contributed by atoms with Gasteiger partial charge in [-0.2, -0.15) is 0 Å². The quantitative estimate of drug-likeness (QED) is 0.868. The summed E-state index contributed by atoms with van der Waals surface area (Å²) in [4.78, 5) is 14.5. The van der Waals surface area contributed by atoms with Crippen LogP contribution in [0.25, 0.3) is 10.9 Å². The van der Waals surface area contributed by atoms with Gasteiger partial charge in [-0.3, -0.25) is 4.79 Å². The van der Waals surface area contributed by atoms with Crippen LogP contribution in [0.15, 0.2) is 28.9 Å². The number of hydrogen-bond donors (Lipinski definition) is 1. The molecule has 0 fully saturated rings. The van der Waals surface area contributed by atoms with Crippen molar-refractivity contribution in [3.63, 3.8) is 0 Å². The number of aromatic amines is 1. The van der Waals surface area contributed by atoms with Crippen molar-refractivity contribution in [3.05, 3.63) is 34.4 Å². The Kier molecular flexibility index (Phi) is 5.92. The van der Waals surface area contributed by atoms with Crippen molar-refractivity contribution in [1.29, 1.82) is 0 Å². The van der Waals surface area contributed by atoms with E-state index in [1.807, 2.05) is 45.2 Å². The molecule has 18 heavy (non-hydrogen) atoms. The molecule has 0 radical (unpaired) electrons. The van der Waals surface area contributed by atoms with E-state index in [4.69, 9.17) is 4.74 Å². The standard InChI is InChI=1S/C12H12BrNO2.C2H6/c1-2-16-12(15)5-8-7-14-11-6-9(13)3-4-10(8)11;1-2/h3-4,6-7,14H,2,5H2,1H3;1-2H3. The zero-order valence-corrected chi connectivity index (χ0v) is 12.5. The molecule has 0 spiro atoms. The third-order valence-corrected chi connectivity index (χ3v) is 2.86. The fourth-order valence-electron chi connectivity index (χ4n) is 1.67. The second-order valence-electron chi connectivity index (χ2n) is 3.49. The van der Waals surface area contributed by atoms with Crippen LogP contribution in [-0.4, -0.2) is 17.6 Å². The molecule has 1 aromatic carbocycles. The molecule has 1 heterocycles. The minimum atomic E-state index is -0.189. The van der Waals surface area contributed by atoms with E-state index >= 15 is 0 Å². The number of ether oxygens (including phenoxy) is 1. The summed E-state index contributed by atoms with van der Waals surface area (Å²) in [6.07, 6.45) is 2.17. The van der Waals surface area contributed by atoms with Crippen LogP contribution in [-0.2, 0) is 16.0 Å². The number of hydrogen-bond acceptors (Lipinski definition) is 2. The van der Waals surface area contributed by atoms with Crippen molar-refractivity contribution < 1.29 is 9.53 Å². The maximum Gasteiger partial charge on any atom is 0.310 e. The summed E-state index contributed by atoms with van der Waals surface area (Å²) in [5.41, 5.74) is 2.00. The van der Waals surface area contributed by atoms with Crippen molar-refractivity contribution in [2.75, 3.05) is 6.61 Å². The molecule has 1 aromatic heterocycles. The molecule has 0 bridgehead atoms. The van der Waals surface area contributed by atoms with Crippen LogP contribution in [0.3, 0.4) is 0 Å². The number of carbonyl (C=O) groups is 1. The maximum absolute atomic E-state index is 11.4. The molecule has 0 saturated heterocycles. The molecule has 0 saturated carbocycles. The lowest BCUT2D eigenvalue weighted by atomic mass is 10.1. The van der Waals surface area contributed by atoms with Gasteiger partial charge in [0.05, 0.1) is 13.0 Å². The highest BCUT2D eigenvalue weighted by Crippen LogP contribution is 2.22. The van der Waals surface area contributed by atoms with Crippen molar-refractivity contribution in [3.8, 4) is 0 Å². The first-order valence-electron chi connectivity index (χ1n) is 6.12. The predicted octanol–water partition coefficient (Wildman–Crippen LogP) is 4.06. The van der Waals surface area contributed by atoms with Crippen LogP contribution in [0.5, 0.6) is 0 Å². The van der Waals surface area contributed by atoms with Crippen LogP contribution in [0.4, 0.5) is 0 Å². The lowest BCUT2D eigenvalue weighted by molar-refractivity contribution is -0.142. The summed E-state index contributed by atoms with van der Waals surface area (Å²) >= 11 is 3.41. The van der Waals surface area contributed by atoms with E-state index in [0.717, 1.165) is 20.9 Å². The van der Waals surface area contributed by atoms with E-state index in [0.29, 0.717) is 13.0 Å². The molecule has 0 amide bonds. The largest absolute Gasteiger partial charge is 0.466 e. The van der Waals surface area contributed by atoms with Crippen molar-refractivity contribution in [1.82, 2.24) is 4.98 Å². The number of H-pyrrole nitrogens is 1. The highest BCUT2D eigenvalue weighted by Gasteiger charge is 2.09. The van der Waals surface area contributed by atoms with Gasteiger partial charge >= 0.3 is 5.97 Å². The average molecular weight is 312 g/mol. The molecule has 2 rings (SSSR count). The first kappa shape index (κ1) is 14.8. The Hall–Kier alpha value is -1.29. The number of aromatic nitrogens is 1. The molecule has 4 heteroatoms. The van der Waals surface area contributed by atoms with Gasteiger partial charge in [0.25, 0.3) is 0 Å². The lowest BCUT2D eigenvalue weighted by Gasteiger charge is -2.00. The SMILES string of the molecule is CC.CCOC(=O)Cc1c[nH]c2cc(Br)ccc12. The number of carbonyl (C=O) groups excluding carboxylic acids is 1. The molecule has 98 valence electrons. The van der Waals surface area contributed by atoms with Gasteiger partial charge in [-0.1, -0.05) is 35.8 Å². The Balaban J connectivity index is 0.000000771. The smallest absolute Gasteiger partial charge is 0.310 e. The zero-order valence-electron chi connectivity index (χ0n) is 10.9. The van der Waals surface area contributed by atoms with E-state index in [-0.39, 0.29) is 5.97 Å². The van der Waals surface area contributed by atoms with Gasteiger partial charge in [0, 0.05) is 21.6 Å². The van der Waals surface area contributed by atoms with Crippen LogP contribution < -0.4 is 0 Å². The average Bonchev–Trinajstić information content (AvgIpc) is 2.74. The van der Waals surface area contributed by atoms with Gasteiger partial charge in [-0.05, 0) is 24.6 Å². The summed E-state index contributed by atoms with van der Waals surface area (Å²) in [5.74, 6) is -0.189. The Morgan fingerprint density at radius 3 is 2.78 bits per heavy atom. The number of nitrogens with one attached hydrogen (secondary N) is 1. The minimum Gasteiger partial charge on any atom is -0.466 e. The van der Waals surface area contributed by atoms with Gasteiger partial charge in [-0.15, -0.1) is 0 Å². The third-order valence-electron chi connectivity index (χ3n) is 2.37. The first-order chi connectivity index (χ1) is 8.70. The molecular weight excluding hydrogens is 294 g/mol. The fourth-order valence-corrected chi connectivity index (χ4v) is 2.03. The van der Waals surface area contributed by atoms with Gasteiger partial charge in [0.1, 0.15) is 0 Å². The summed E-state index contributed by atoms with van der Waals surface area (Å²) in [6.45, 7) is 6.23. The molecule has 0 atom stereocenters. The van der Waals surface area contributed by atoms with Crippen LogP contribution in [0.2, 0.25) is 0 Å². The molecule has 0 aliphatic rings. The number of benzene rings is 1. The van der Waals surface area contributed by atoms with Gasteiger partial charge < -0.3 is 9.72 Å². The summed E-state index contributed by atoms with van der Waals surface area (Å²) in [5, 5.41) is 1.07. The number of rotatable bonds is 3. The Labute approximate surface area is 116 Å². The van der Waals surface area contributed by atoms with E-state index in [1.165, 1.54) is 0 Å². The monoisotopic (exact) mass is 311 g/mol. The normalized spacial score (nSPS) is 9.78. The van der Waals surface area contributed by atoms with Gasteiger partial charge in [0.2, 0.25) is 0 Å². The third kappa shape index (κ3) is 3.60. The summed E-state index contributed by atoms with van der Waals surface area (Å²) in [7, 11) is 0. The van der Waals surface area contributed by atoms with E-state index in [9.17, 15) is 4.79 Å². The second kappa shape index (κ2) is 7.21. The van der Waals surface area contributed by atoms with Crippen molar-refractivity contribution >= 4 is 32.8 Å². The van der Waals surface area contributed by atoms with Gasteiger partial charge in [0.15, 0.2) is 0 Å². The molecular formula is C14H18BrNO2. The fraction of sp³-hybridized carbons (Fsp3) is 0.357. The predicted molar refractivity (Wildman–Crippen MR) is 77.7 cm³/mol. The van der Waals surface area contributed by atoms with Crippen LogP contribution in [0.1, 0.15) is 26.3 Å². The van der Waals surface area contributed by atoms with Crippen LogP contribution in [0, 0.1) is 0 Å². The van der Waals surface area contributed by atoms with Crippen LogP contribution >= 0.6 is 15.9 Å². The molecule has 0 unspecified atom stereocenters. The Bertz CT molecular complexity index is 519. The minimum absolute atomic E-state index is 0.189. The summed E-state index contributed by atoms with van der Waals surface area (Å²) < 4.78 is 5.94. The molecule has 0 aliphatic carbocycles. The summed E-state index contributed by atoms with van der Waals surface area (Å²) in [6, 6.07) is 5.94. The molecule has 2 aromatic rings. The zero-order chi connectivity index (χ0) is 13.5. The first-order valence-corrected chi connectivity index (χ1v) is 6.91. The topological polar surface area (TPSA) is 42.1 Å².